The summed E-state index contributed by atoms with van der Waals surface area (Å²) >= 11 is 6.40. The fourth-order valence-corrected chi connectivity index (χ4v) is 6.81. The molecular weight excluding hydrogens is 522 g/mol. The van der Waals surface area contributed by atoms with E-state index in [0.29, 0.717) is 35.0 Å². The van der Waals surface area contributed by atoms with Crippen molar-refractivity contribution < 1.29 is 18.0 Å². The van der Waals surface area contributed by atoms with E-state index >= 15 is 0 Å². The summed E-state index contributed by atoms with van der Waals surface area (Å²) in [6.45, 7) is 6.78. The zero-order valence-electron chi connectivity index (χ0n) is 22.0. The van der Waals surface area contributed by atoms with Gasteiger partial charge in [0.05, 0.1) is 10.6 Å². The monoisotopic (exact) mass is 555 g/mol. The lowest BCUT2D eigenvalue weighted by Crippen LogP contribution is -2.49. The molecule has 0 saturated carbocycles. The number of hydrogen-bond donors (Lipinski definition) is 1. The Bertz CT molecular complexity index is 1440. The van der Waals surface area contributed by atoms with Crippen molar-refractivity contribution in [2.75, 3.05) is 17.4 Å². The van der Waals surface area contributed by atoms with Gasteiger partial charge in [-0.2, -0.15) is 0 Å². The SMILES string of the molecule is CC[C@@H](C(=O)NCC(C)C)N(Cc1ccccc1Cl)C(=O)CCCN1c2cccc3cccc(c23)S1(=O)=O. The first-order chi connectivity index (χ1) is 18.1. The number of benzene rings is 3. The lowest BCUT2D eigenvalue weighted by molar-refractivity contribution is -0.141. The van der Waals surface area contributed by atoms with E-state index in [-0.39, 0.29) is 37.2 Å². The van der Waals surface area contributed by atoms with Crippen molar-refractivity contribution in [2.24, 2.45) is 5.92 Å². The molecule has 0 aromatic heterocycles. The second-order valence-electron chi connectivity index (χ2n) is 9.99. The predicted molar refractivity (Wildman–Crippen MR) is 152 cm³/mol. The van der Waals surface area contributed by atoms with Crippen molar-refractivity contribution in [1.82, 2.24) is 10.2 Å². The van der Waals surface area contributed by atoms with Crippen molar-refractivity contribution in [1.29, 1.82) is 0 Å². The van der Waals surface area contributed by atoms with Crippen LogP contribution in [0.3, 0.4) is 0 Å². The Morgan fingerprint density at radius 2 is 1.74 bits per heavy atom. The van der Waals surface area contributed by atoms with E-state index in [1.54, 1.807) is 29.2 Å². The van der Waals surface area contributed by atoms with Crippen LogP contribution < -0.4 is 9.62 Å². The maximum Gasteiger partial charge on any atom is 0.265 e. The van der Waals surface area contributed by atoms with Crippen molar-refractivity contribution in [3.63, 3.8) is 0 Å². The van der Waals surface area contributed by atoms with Gasteiger partial charge in [0.2, 0.25) is 11.8 Å². The molecule has 7 nitrogen and oxygen atoms in total. The van der Waals surface area contributed by atoms with Crippen LogP contribution in [0.25, 0.3) is 10.8 Å². The number of amides is 2. The molecule has 0 saturated heterocycles. The lowest BCUT2D eigenvalue weighted by Gasteiger charge is -2.31. The molecule has 2 amide bonds. The Labute approximate surface area is 229 Å². The Hall–Kier alpha value is -3.10. The second kappa shape index (κ2) is 11.7. The van der Waals surface area contributed by atoms with Gasteiger partial charge in [-0.25, -0.2) is 8.42 Å². The van der Waals surface area contributed by atoms with E-state index in [9.17, 15) is 18.0 Å². The third kappa shape index (κ3) is 5.66. The normalized spacial score (nSPS) is 14.6. The number of sulfonamides is 1. The van der Waals surface area contributed by atoms with E-state index in [4.69, 9.17) is 11.6 Å². The van der Waals surface area contributed by atoms with Crippen LogP contribution in [0.2, 0.25) is 5.02 Å². The quantitative estimate of drug-likeness (QED) is 0.345. The van der Waals surface area contributed by atoms with Crippen LogP contribution in [0.15, 0.2) is 65.6 Å². The second-order valence-corrected chi connectivity index (χ2v) is 12.2. The summed E-state index contributed by atoms with van der Waals surface area (Å²) in [7, 11) is -3.69. The van der Waals surface area contributed by atoms with Crippen LogP contribution in [0, 0.1) is 5.92 Å². The van der Waals surface area contributed by atoms with Crippen LogP contribution in [0.5, 0.6) is 0 Å². The third-order valence-corrected chi connectivity index (χ3v) is 9.03. The number of carbonyl (C=O) groups excluding carboxylic acids is 2. The zero-order chi connectivity index (χ0) is 27.4. The minimum Gasteiger partial charge on any atom is -0.354 e. The van der Waals surface area contributed by atoms with E-state index in [2.05, 4.69) is 5.32 Å². The molecule has 1 N–H and O–H groups in total. The van der Waals surface area contributed by atoms with Crippen LogP contribution in [0.1, 0.15) is 45.6 Å². The molecule has 3 aromatic carbocycles. The van der Waals surface area contributed by atoms with E-state index in [1.807, 2.05) is 57.2 Å². The maximum atomic E-state index is 13.6. The van der Waals surface area contributed by atoms with E-state index in [0.717, 1.165) is 16.3 Å². The van der Waals surface area contributed by atoms with Gasteiger partial charge in [-0.1, -0.05) is 74.8 Å². The van der Waals surface area contributed by atoms with Crippen LogP contribution >= 0.6 is 11.6 Å². The molecule has 0 aliphatic carbocycles. The lowest BCUT2D eigenvalue weighted by atomic mass is 10.1. The molecule has 0 bridgehead atoms. The summed E-state index contributed by atoms with van der Waals surface area (Å²) < 4.78 is 28.0. The zero-order valence-corrected chi connectivity index (χ0v) is 23.6. The molecule has 0 spiro atoms. The molecule has 1 aliphatic rings. The first-order valence-electron chi connectivity index (χ1n) is 13.0. The van der Waals surface area contributed by atoms with E-state index < -0.39 is 16.1 Å². The van der Waals surface area contributed by atoms with Crippen LogP contribution in [-0.4, -0.2) is 44.3 Å². The number of nitrogens with zero attached hydrogens (tertiary/aromatic N) is 2. The fourth-order valence-electron chi connectivity index (χ4n) is 4.87. The van der Waals surface area contributed by atoms with Crippen molar-refractivity contribution in [2.45, 2.75) is 57.5 Å². The fraction of sp³-hybridized carbons (Fsp3) is 0.379. The molecule has 1 aliphatic heterocycles. The van der Waals surface area contributed by atoms with Gasteiger partial charge in [0.25, 0.3) is 10.0 Å². The highest BCUT2D eigenvalue weighted by atomic mass is 35.5. The van der Waals surface area contributed by atoms with Crippen molar-refractivity contribution in [3.8, 4) is 0 Å². The molecule has 4 rings (SSSR count). The van der Waals surface area contributed by atoms with Gasteiger partial charge in [-0.15, -0.1) is 0 Å². The summed E-state index contributed by atoms with van der Waals surface area (Å²) in [4.78, 5) is 28.5. The molecule has 9 heteroatoms. The first kappa shape index (κ1) is 27.9. The minimum atomic E-state index is -3.69. The average Bonchev–Trinajstić information content (AvgIpc) is 3.11. The van der Waals surface area contributed by atoms with Gasteiger partial charge >= 0.3 is 0 Å². The highest BCUT2D eigenvalue weighted by Crippen LogP contribution is 2.42. The third-order valence-electron chi connectivity index (χ3n) is 6.80. The number of hydrogen-bond acceptors (Lipinski definition) is 4. The first-order valence-corrected chi connectivity index (χ1v) is 14.8. The average molecular weight is 556 g/mol. The summed E-state index contributed by atoms with van der Waals surface area (Å²) in [5.41, 5.74) is 1.39. The molecule has 38 heavy (non-hydrogen) atoms. The Kier molecular flexibility index (Phi) is 8.63. The number of nitrogens with one attached hydrogen (secondary N) is 1. The van der Waals surface area contributed by atoms with Gasteiger partial charge in [0.1, 0.15) is 6.04 Å². The summed E-state index contributed by atoms with van der Waals surface area (Å²) in [6, 6.07) is 17.4. The molecule has 0 unspecified atom stereocenters. The summed E-state index contributed by atoms with van der Waals surface area (Å²) in [6.07, 6.45) is 0.847. The van der Waals surface area contributed by atoms with Gasteiger partial charge in [0.15, 0.2) is 0 Å². The topological polar surface area (TPSA) is 86.8 Å². The molecule has 202 valence electrons. The van der Waals surface area contributed by atoms with Gasteiger partial charge in [0, 0.05) is 36.5 Å². The van der Waals surface area contributed by atoms with Gasteiger partial charge in [-0.3, -0.25) is 13.9 Å². The van der Waals surface area contributed by atoms with Crippen molar-refractivity contribution in [3.05, 3.63) is 71.2 Å². The Balaban J connectivity index is 1.52. The largest absolute Gasteiger partial charge is 0.354 e. The summed E-state index contributed by atoms with van der Waals surface area (Å²) in [5.74, 6) is -0.144. The maximum absolute atomic E-state index is 13.6. The van der Waals surface area contributed by atoms with Crippen molar-refractivity contribution >= 4 is 49.9 Å². The molecule has 0 radical (unpaired) electrons. The molecule has 3 aromatic rings. The number of halogens is 1. The number of carbonyl (C=O) groups is 2. The number of rotatable bonds is 11. The molecular formula is C29H34ClN3O4S. The van der Waals surface area contributed by atoms with Crippen LogP contribution in [0.4, 0.5) is 5.69 Å². The standard InChI is InChI=1S/C29H34ClN3O4S/c1-4-24(29(35)31-18-20(2)3)32(19-22-10-5-6-13-23(22)30)27(34)16-9-17-33-25-14-7-11-21-12-8-15-26(28(21)25)38(33,36)37/h5-8,10-15,20,24H,4,9,16-19H2,1-3H3,(H,31,35)/t24-/m0/s1. The van der Waals surface area contributed by atoms with Gasteiger partial charge < -0.3 is 10.2 Å². The summed E-state index contributed by atoms with van der Waals surface area (Å²) in [5, 5.41) is 5.06. The Morgan fingerprint density at radius 1 is 1.03 bits per heavy atom. The van der Waals surface area contributed by atoms with Crippen LogP contribution in [-0.2, 0) is 26.2 Å². The van der Waals surface area contributed by atoms with Gasteiger partial charge in [-0.05, 0) is 47.9 Å². The Morgan fingerprint density at radius 3 is 2.42 bits per heavy atom. The highest BCUT2D eigenvalue weighted by molar-refractivity contribution is 7.93. The number of anilines is 1. The molecule has 1 atom stereocenters. The highest BCUT2D eigenvalue weighted by Gasteiger charge is 2.35. The smallest absolute Gasteiger partial charge is 0.265 e. The molecule has 0 fully saturated rings. The molecule has 1 heterocycles. The predicted octanol–water partition coefficient (Wildman–Crippen LogP) is 5.36. The minimum absolute atomic E-state index is 0.0940. The van der Waals surface area contributed by atoms with E-state index in [1.165, 1.54) is 4.31 Å².